The summed E-state index contributed by atoms with van der Waals surface area (Å²) in [5, 5.41) is 0. The molecule has 140 valence electrons. The van der Waals surface area contributed by atoms with Crippen LogP contribution in [0.5, 0.6) is 0 Å². The summed E-state index contributed by atoms with van der Waals surface area (Å²) in [6.45, 7) is 1.90. The Kier molecular flexibility index (Phi) is 6.00. The summed E-state index contributed by atoms with van der Waals surface area (Å²) >= 11 is 0. The third kappa shape index (κ3) is 4.11. The fourth-order valence-electron chi connectivity index (χ4n) is 3.98. The molecule has 0 atom stereocenters. The van der Waals surface area contributed by atoms with Crippen molar-refractivity contribution in [3.05, 3.63) is 69.8 Å². The number of hydrogen-bond donors (Lipinski definition) is 0. The maximum Gasteiger partial charge on any atom is 0.162 e. The van der Waals surface area contributed by atoms with E-state index in [1.54, 1.807) is 12.1 Å². The van der Waals surface area contributed by atoms with Gasteiger partial charge in [0.1, 0.15) is 0 Å². The van der Waals surface area contributed by atoms with Gasteiger partial charge in [-0.2, -0.15) is 0 Å². The van der Waals surface area contributed by atoms with Gasteiger partial charge in [0.25, 0.3) is 0 Å². The monoisotopic (exact) mass is 364 g/mol. The first-order valence-electron chi connectivity index (χ1n) is 9.44. The largest absolute Gasteiger partial charge is 0.204 e. The number of benzene rings is 2. The van der Waals surface area contributed by atoms with Crippen LogP contribution in [0.15, 0.2) is 24.3 Å². The predicted molar refractivity (Wildman–Crippen MR) is 95.3 cm³/mol. The first-order chi connectivity index (χ1) is 12.5. The highest BCUT2D eigenvalue weighted by molar-refractivity contribution is 5.35. The smallest absolute Gasteiger partial charge is 0.162 e. The highest BCUT2D eigenvalue weighted by Gasteiger charge is 2.22. The molecule has 3 rings (SSSR count). The van der Waals surface area contributed by atoms with Crippen LogP contribution in [0.1, 0.15) is 73.6 Å². The SMILES string of the molecule is CCCc1cc(Cc2cc(F)c(F)c(C3CCCCC3)c2)cc(F)c1F. The molecule has 0 N–H and O–H groups in total. The zero-order valence-electron chi connectivity index (χ0n) is 15.1. The van der Waals surface area contributed by atoms with Crippen LogP contribution in [-0.4, -0.2) is 0 Å². The molecular weight excluding hydrogens is 340 g/mol. The van der Waals surface area contributed by atoms with Gasteiger partial charge in [-0.25, -0.2) is 17.6 Å². The second-order valence-electron chi connectivity index (χ2n) is 7.29. The molecule has 0 bridgehead atoms. The molecule has 26 heavy (non-hydrogen) atoms. The Morgan fingerprint density at radius 2 is 1.42 bits per heavy atom. The number of aryl methyl sites for hydroxylation is 1. The Morgan fingerprint density at radius 1 is 0.808 bits per heavy atom. The lowest BCUT2D eigenvalue weighted by molar-refractivity contribution is 0.416. The van der Waals surface area contributed by atoms with Crippen molar-refractivity contribution in [2.45, 2.75) is 64.2 Å². The second-order valence-corrected chi connectivity index (χ2v) is 7.29. The first-order valence-corrected chi connectivity index (χ1v) is 9.44. The molecule has 2 aromatic carbocycles. The van der Waals surface area contributed by atoms with E-state index in [9.17, 15) is 17.6 Å². The third-order valence-electron chi connectivity index (χ3n) is 5.25. The average Bonchev–Trinajstić information content (AvgIpc) is 2.63. The lowest BCUT2D eigenvalue weighted by Gasteiger charge is -2.23. The fraction of sp³-hybridized carbons (Fsp3) is 0.455. The molecular formula is C22H24F4. The van der Waals surface area contributed by atoms with Crippen LogP contribution < -0.4 is 0 Å². The maximum atomic E-state index is 14.3. The van der Waals surface area contributed by atoms with E-state index in [1.807, 2.05) is 6.92 Å². The molecule has 0 aromatic heterocycles. The van der Waals surface area contributed by atoms with Gasteiger partial charge in [-0.05, 0) is 66.0 Å². The van der Waals surface area contributed by atoms with Gasteiger partial charge >= 0.3 is 0 Å². The summed E-state index contributed by atoms with van der Waals surface area (Å²) in [5.41, 5.74) is 1.93. The Hall–Kier alpha value is -1.84. The normalized spacial score (nSPS) is 15.4. The van der Waals surface area contributed by atoms with Crippen LogP contribution in [0.2, 0.25) is 0 Å². The van der Waals surface area contributed by atoms with Crippen LogP contribution in [0.4, 0.5) is 17.6 Å². The van der Waals surface area contributed by atoms with Crippen molar-refractivity contribution in [3.63, 3.8) is 0 Å². The minimum absolute atomic E-state index is 0.0406. The van der Waals surface area contributed by atoms with E-state index in [-0.39, 0.29) is 12.3 Å². The van der Waals surface area contributed by atoms with E-state index in [2.05, 4.69) is 0 Å². The van der Waals surface area contributed by atoms with Crippen molar-refractivity contribution in [1.82, 2.24) is 0 Å². The van der Waals surface area contributed by atoms with Crippen molar-refractivity contribution in [2.24, 2.45) is 0 Å². The molecule has 2 aromatic rings. The predicted octanol–water partition coefficient (Wildman–Crippen LogP) is 6.83. The summed E-state index contributed by atoms with van der Waals surface area (Å²) < 4.78 is 56.2. The van der Waals surface area contributed by atoms with Crippen LogP contribution >= 0.6 is 0 Å². The van der Waals surface area contributed by atoms with Gasteiger partial charge in [-0.15, -0.1) is 0 Å². The highest BCUT2D eigenvalue weighted by atomic mass is 19.2. The molecule has 1 aliphatic carbocycles. The quantitative estimate of drug-likeness (QED) is 0.510. The van der Waals surface area contributed by atoms with Crippen molar-refractivity contribution in [3.8, 4) is 0 Å². The van der Waals surface area contributed by atoms with Crippen LogP contribution in [0, 0.1) is 23.3 Å². The lowest BCUT2D eigenvalue weighted by atomic mass is 9.83. The summed E-state index contributed by atoms with van der Waals surface area (Å²) in [5.74, 6) is -3.29. The standard InChI is InChI=1S/C22H24F4/c1-2-6-17-10-14(12-19(23)21(17)25)9-15-11-18(22(26)20(24)13-15)16-7-4-3-5-8-16/h10-13,16H,2-9H2,1H3. The lowest BCUT2D eigenvalue weighted by Crippen LogP contribution is -2.09. The Bertz CT molecular complexity index is 776. The van der Waals surface area contributed by atoms with Gasteiger partial charge in [0.05, 0.1) is 0 Å². The Morgan fingerprint density at radius 3 is 2.08 bits per heavy atom. The molecule has 0 unspecified atom stereocenters. The van der Waals surface area contributed by atoms with Crippen LogP contribution in [0.3, 0.4) is 0 Å². The van der Waals surface area contributed by atoms with Gasteiger partial charge in [-0.3, -0.25) is 0 Å². The minimum Gasteiger partial charge on any atom is -0.204 e. The zero-order chi connectivity index (χ0) is 18.7. The molecule has 1 fully saturated rings. The van der Waals surface area contributed by atoms with E-state index in [0.717, 1.165) is 38.2 Å². The van der Waals surface area contributed by atoms with E-state index < -0.39 is 23.3 Å². The maximum absolute atomic E-state index is 14.3. The van der Waals surface area contributed by atoms with Crippen molar-refractivity contribution in [1.29, 1.82) is 0 Å². The van der Waals surface area contributed by atoms with Crippen LogP contribution in [-0.2, 0) is 12.8 Å². The third-order valence-corrected chi connectivity index (χ3v) is 5.25. The van der Waals surface area contributed by atoms with E-state index in [1.165, 1.54) is 6.07 Å². The molecule has 0 aliphatic heterocycles. The topological polar surface area (TPSA) is 0 Å². The van der Waals surface area contributed by atoms with Gasteiger partial charge in [0.2, 0.25) is 0 Å². The molecule has 4 heteroatoms. The molecule has 0 amide bonds. The number of hydrogen-bond acceptors (Lipinski definition) is 0. The zero-order valence-corrected chi connectivity index (χ0v) is 15.1. The molecule has 0 nitrogen and oxygen atoms in total. The van der Waals surface area contributed by atoms with Crippen molar-refractivity contribution in [2.75, 3.05) is 0 Å². The molecule has 0 radical (unpaired) electrons. The Balaban J connectivity index is 1.91. The second kappa shape index (κ2) is 8.24. The van der Waals surface area contributed by atoms with Crippen molar-refractivity contribution < 1.29 is 17.6 Å². The molecule has 1 saturated carbocycles. The summed E-state index contributed by atoms with van der Waals surface area (Å²) in [6.07, 6.45) is 6.33. The average molecular weight is 364 g/mol. The molecule has 0 saturated heterocycles. The Labute approximate surface area is 152 Å². The first kappa shape index (κ1) is 18.9. The molecule has 0 heterocycles. The van der Waals surface area contributed by atoms with E-state index in [0.29, 0.717) is 35.1 Å². The van der Waals surface area contributed by atoms with Gasteiger partial charge in [-0.1, -0.05) is 44.7 Å². The fourth-order valence-corrected chi connectivity index (χ4v) is 3.98. The number of rotatable bonds is 5. The van der Waals surface area contributed by atoms with Crippen molar-refractivity contribution >= 4 is 0 Å². The van der Waals surface area contributed by atoms with E-state index in [4.69, 9.17) is 0 Å². The van der Waals surface area contributed by atoms with E-state index >= 15 is 0 Å². The van der Waals surface area contributed by atoms with Gasteiger partial charge < -0.3 is 0 Å². The van der Waals surface area contributed by atoms with Gasteiger partial charge in [0, 0.05) is 0 Å². The minimum atomic E-state index is -0.888. The molecule has 0 spiro atoms. The summed E-state index contributed by atoms with van der Waals surface area (Å²) in [7, 11) is 0. The van der Waals surface area contributed by atoms with Crippen LogP contribution in [0.25, 0.3) is 0 Å². The van der Waals surface area contributed by atoms with Gasteiger partial charge in [0.15, 0.2) is 23.3 Å². The summed E-state index contributed by atoms with van der Waals surface area (Å²) in [6, 6.07) is 5.65. The molecule has 1 aliphatic rings. The highest BCUT2D eigenvalue weighted by Crippen LogP contribution is 2.35. The summed E-state index contributed by atoms with van der Waals surface area (Å²) in [4.78, 5) is 0. The number of halogens is 4.